The van der Waals surface area contributed by atoms with E-state index in [2.05, 4.69) is 28.7 Å². The molecule has 2 aliphatic heterocycles. The van der Waals surface area contributed by atoms with Gasteiger partial charge in [0.2, 0.25) is 0 Å². The molecule has 0 bridgehead atoms. The van der Waals surface area contributed by atoms with Crippen LogP contribution in [0.4, 0.5) is 18.9 Å². The largest absolute Gasteiger partial charge is 0.370 e. The average molecular weight is 475 g/mol. The van der Waals surface area contributed by atoms with Crippen LogP contribution in [0, 0.1) is 17.6 Å². The van der Waals surface area contributed by atoms with Gasteiger partial charge in [-0.3, -0.25) is 0 Å². The third-order valence-corrected chi connectivity index (χ3v) is 6.88. The third-order valence-electron chi connectivity index (χ3n) is 5.63. The van der Waals surface area contributed by atoms with Crippen molar-refractivity contribution in [3.63, 3.8) is 0 Å². The van der Waals surface area contributed by atoms with Crippen LogP contribution < -0.4 is 9.62 Å². The van der Waals surface area contributed by atoms with E-state index < -0.39 is 17.6 Å². The van der Waals surface area contributed by atoms with E-state index in [9.17, 15) is 13.2 Å². The van der Waals surface area contributed by atoms with Gasteiger partial charge in [0.05, 0.1) is 5.69 Å². The Balaban J connectivity index is 1.57. The average Bonchev–Trinajstić information content (AvgIpc) is 3.19. The van der Waals surface area contributed by atoms with Crippen molar-refractivity contribution in [3.8, 4) is 0 Å². The fourth-order valence-electron chi connectivity index (χ4n) is 3.94. The molecule has 3 rings (SSSR count). The monoisotopic (exact) mass is 474 g/mol. The number of anilines is 1. The lowest BCUT2D eigenvalue weighted by Crippen LogP contribution is -2.21. The maximum Gasteiger partial charge on any atom is 0.191 e. The van der Waals surface area contributed by atoms with Crippen molar-refractivity contribution < 1.29 is 13.2 Å². The third kappa shape index (κ3) is 6.80. The lowest BCUT2D eigenvalue weighted by atomic mass is 10.0. The van der Waals surface area contributed by atoms with Gasteiger partial charge in [-0.05, 0) is 70.3 Å². The standard InChI is InChI=1S/C22H30ClF3N4S/c1-29(2)11-5-3-4-7-15-10-12-30(14-15)17-13-16(24)22(21(26)20(17)23)31-28-19-9-6-8-18(25)27-19/h9,13,15,28H,3-8,10-12,14H2,1-2H3. The zero-order valence-electron chi connectivity index (χ0n) is 18.1. The number of hydrogen-bond donors (Lipinski definition) is 1. The molecule has 9 heteroatoms. The topological polar surface area (TPSA) is 30.9 Å². The van der Waals surface area contributed by atoms with Crippen LogP contribution in [-0.4, -0.2) is 44.6 Å². The van der Waals surface area contributed by atoms with E-state index >= 15 is 0 Å². The molecule has 0 aliphatic carbocycles. The Kier molecular flexibility index (Phi) is 8.98. The fourth-order valence-corrected chi connectivity index (χ4v) is 4.95. The SMILES string of the molecule is CN(C)CCCCCC1CCN(c2cc(F)c(SNC3=CCCC(F)=N3)c(F)c2Cl)C1. The Labute approximate surface area is 192 Å². The highest BCUT2D eigenvalue weighted by Gasteiger charge is 2.27. The minimum atomic E-state index is -0.804. The summed E-state index contributed by atoms with van der Waals surface area (Å²) < 4.78 is 45.5. The van der Waals surface area contributed by atoms with Crippen molar-refractivity contribution in [2.45, 2.75) is 49.8 Å². The van der Waals surface area contributed by atoms with Crippen molar-refractivity contribution in [3.05, 3.63) is 34.6 Å². The zero-order valence-corrected chi connectivity index (χ0v) is 19.6. The van der Waals surface area contributed by atoms with Crippen LogP contribution in [0.1, 0.15) is 44.9 Å². The first-order valence-electron chi connectivity index (χ1n) is 10.8. The highest BCUT2D eigenvalue weighted by Crippen LogP contribution is 2.39. The summed E-state index contributed by atoms with van der Waals surface area (Å²) in [5.74, 6) is -1.23. The van der Waals surface area contributed by atoms with E-state index in [1.54, 1.807) is 6.08 Å². The molecule has 1 N–H and O–H groups in total. The lowest BCUT2D eigenvalue weighted by Gasteiger charge is -2.22. The summed E-state index contributed by atoms with van der Waals surface area (Å²) in [6, 6.07) is 1.30. The molecule has 0 spiro atoms. The van der Waals surface area contributed by atoms with Gasteiger partial charge < -0.3 is 14.5 Å². The van der Waals surface area contributed by atoms with E-state index in [4.69, 9.17) is 11.6 Å². The van der Waals surface area contributed by atoms with Gasteiger partial charge in [-0.2, -0.15) is 4.39 Å². The fraction of sp³-hybridized carbons (Fsp3) is 0.591. The van der Waals surface area contributed by atoms with Gasteiger partial charge in [-0.15, -0.1) is 0 Å². The number of rotatable bonds is 10. The minimum Gasteiger partial charge on any atom is -0.370 e. The summed E-state index contributed by atoms with van der Waals surface area (Å²) in [5.41, 5.74) is 0.400. The van der Waals surface area contributed by atoms with Crippen LogP contribution in [0.15, 0.2) is 27.9 Å². The maximum absolute atomic E-state index is 14.9. The second kappa shape index (κ2) is 11.5. The van der Waals surface area contributed by atoms with Gasteiger partial charge in [0.25, 0.3) is 0 Å². The number of hydrogen-bond acceptors (Lipinski definition) is 5. The molecule has 0 aromatic heterocycles. The molecule has 1 fully saturated rings. The number of benzene rings is 1. The Bertz CT molecular complexity index is 831. The van der Waals surface area contributed by atoms with Crippen molar-refractivity contribution in [2.24, 2.45) is 10.9 Å². The quantitative estimate of drug-likeness (QED) is 0.250. The van der Waals surface area contributed by atoms with Gasteiger partial charge >= 0.3 is 0 Å². The molecule has 1 aromatic rings. The summed E-state index contributed by atoms with van der Waals surface area (Å²) >= 11 is 7.00. The van der Waals surface area contributed by atoms with Crippen LogP contribution in [0.25, 0.3) is 0 Å². The van der Waals surface area contributed by atoms with Gasteiger partial charge in [0.1, 0.15) is 21.6 Å². The van der Waals surface area contributed by atoms with Gasteiger partial charge in [0.15, 0.2) is 11.8 Å². The summed E-state index contributed by atoms with van der Waals surface area (Å²) in [6.07, 6.45) is 8.10. The molecule has 0 amide bonds. The first-order chi connectivity index (χ1) is 14.8. The zero-order chi connectivity index (χ0) is 22.4. The molecule has 0 saturated carbocycles. The Morgan fingerprint density at radius 3 is 2.81 bits per heavy atom. The molecule has 1 atom stereocenters. The minimum absolute atomic E-state index is 0.0790. The van der Waals surface area contributed by atoms with E-state index in [-0.39, 0.29) is 22.2 Å². The number of aliphatic imine (C=N–C) groups is 1. The van der Waals surface area contributed by atoms with E-state index in [0.29, 0.717) is 18.0 Å². The Morgan fingerprint density at radius 1 is 1.26 bits per heavy atom. The Hall–Kier alpha value is -1.38. The predicted octanol–water partition coefficient (Wildman–Crippen LogP) is 6.17. The normalized spacial score (nSPS) is 19.1. The van der Waals surface area contributed by atoms with Gasteiger partial charge in [0, 0.05) is 25.6 Å². The maximum atomic E-state index is 14.9. The van der Waals surface area contributed by atoms with Gasteiger partial charge in [-0.1, -0.05) is 24.4 Å². The first-order valence-corrected chi connectivity index (χ1v) is 12.0. The summed E-state index contributed by atoms with van der Waals surface area (Å²) in [5, 5.41) is -0.0790. The number of unbranched alkanes of at least 4 members (excludes halogenated alkanes) is 2. The molecule has 4 nitrogen and oxygen atoms in total. The number of halogens is 4. The molecule has 2 aliphatic rings. The molecule has 1 saturated heterocycles. The molecular formula is C22H30ClF3N4S. The van der Waals surface area contributed by atoms with Crippen LogP contribution in [0.3, 0.4) is 0 Å². The van der Waals surface area contributed by atoms with Crippen LogP contribution >= 0.6 is 23.5 Å². The van der Waals surface area contributed by atoms with Crippen LogP contribution in [-0.2, 0) is 0 Å². The van der Waals surface area contributed by atoms with E-state index in [0.717, 1.165) is 44.4 Å². The van der Waals surface area contributed by atoms with Crippen molar-refractivity contribution in [2.75, 3.05) is 38.6 Å². The second-order valence-electron chi connectivity index (χ2n) is 8.41. The van der Waals surface area contributed by atoms with Crippen LogP contribution in [0.5, 0.6) is 0 Å². The molecule has 31 heavy (non-hydrogen) atoms. The second-order valence-corrected chi connectivity index (χ2v) is 9.60. The number of nitrogens with zero attached hydrogens (tertiary/aromatic N) is 3. The Morgan fingerprint density at radius 2 is 2.06 bits per heavy atom. The van der Waals surface area contributed by atoms with Crippen LogP contribution in [0.2, 0.25) is 5.02 Å². The summed E-state index contributed by atoms with van der Waals surface area (Å²) in [4.78, 5) is 7.63. The van der Waals surface area contributed by atoms with Gasteiger partial charge in [-0.25, -0.2) is 13.8 Å². The summed E-state index contributed by atoms with van der Waals surface area (Å²) in [6.45, 7) is 2.60. The predicted molar refractivity (Wildman–Crippen MR) is 124 cm³/mol. The molecule has 172 valence electrons. The highest BCUT2D eigenvalue weighted by molar-refractivity contribution is 7.97. The van der Waals surface area contributed by atoms with Crippen molar-refractivity contribution in [1.82, 2.24) is 9.62 Å². The molecule has 1 unspecified atom stereocenters. The first kappa shape index (κ1) is 24.3. The molecule has 2 heterocycles. The lowest BCUT2D eigenvalue weighted by molar-refractivity contribution is 0.384. The molecule has 0 radical (unpaired) electrons. The van der Waals surface area contributed by atoms with Crippen molar-refractivity contribution >= 4 is 35.2 Å². The number of nitrogens with one attached hydrogen (secondary N) is 1. The number of allylic oxidation sites excluding steroid dienone is 1. The van der Waals surface area contributed by atoms with E-state index in [1.807, 2.05) is 4.90 Å². The van der Waals surface area contributed by atoms with Crippen molar-refractivity contribution in [1.29, 1.82) is 0 Å². The summed E-state index contributed by atoms with van der Waals surface area (Å²) in [7, 11) is 4.16. The molecule has 1 aromatic carbocycles. The van der Waals surface area contributed by atoms with E-state index in [1.165, 1.54) is 25.3 Å². The highest BCUT2D eigenvalue weighted by atomic mass is 35.5. The smallest absolute Gasteiger partial charge is 0.191 e. The molecular weight excluding hydrogens is 445 g/mol.